The number of likely N-dealkylation sites (N-methyl/N-ethyl adjacent to an activating group) is 1. The van der Waals surface area contributed by atoms with Gasteiger partial charge in [0, 0.05) is 6.54 Å². The molecule has 0 radical (unpaired) electrons. The zero-order chi connectivity index (χ0) is 23.8. The van der Waals surface area contributed by atoms with Gasteiger partial charge >= 0.3 is 0 Å². The second kappa shape index (κ2) is 11.2. The first-order chi connectivity index (χ1) is 15.8. The molecule has 2 N–H and O–H groups in total. The van der Waals surface area contributed by atoms with E-state index in [-0.39, 0.29) is 19.0 Å². The van der Waals surface area contributed by atoms with Crippen molar-refractivity contribution in [1.82, 2.24) is 14.9 Å². The molecule has 3 rings (SSSR count). The Morgan fingerprint density at radius 3 is 2.09 bits per heavy atom. The van der Waals surface area contributed by atoms with E-state index in [1.807, 2.05) is 79.7 Å². The zero-order valence-corrected chi connectivity index (χ0v) is 19.4. The summed E-state index contributed by atoms with van der Waals surface area (Å²) in [6.45, 7) is 0.280. The minimum atomic E-state index is -4.26. The summed E-state index contributed by atoms with van der Waals surface area (Å²) < 4.78 is 42.3. The van der Waals surface area contributed by atoms with Crippen molar-refractivity contribution in [3.05, 3.63) is 102 Å². The lowest BCUT2D eigenvalue weighted by molar-refractivity contribution is -0.122. The van der Waals surface area contributed by atoms with Crippen LogP contribution in [0.4, 0.5) is 4.39 Å². The molecule has 0 saturated heterocycles. The summed E-state index contributed by atoms with van der Waals surface area (Å²) in [6.07, 6.45) is 0.123. The maximum atomic E-state index is 14.2. The van der Waals surface area contributed by atoms with E-state index in [2.05, 4.69) is 10.0 Å². The van der Waals surface area contributed by atoms with Crippen LogP contribution in [0, 0.1) is 5.82 Å². The molecule has 3 aromatic rings. The minimum absolute atomic E-state index is 0.101. The lowest BCUT2D eigenvalue weighted by Gasteiger charge is -2.26. The molecule has 2 atom stereocenters. The first-order valence-electron chi connectivity index (χ1n) is 10.6. The zero-order valence-electron chi connectivity index (χ0n) is 18.6. The number of halogens is 1. The van der Waals surface area contributed by atoms with Gasteiger partial charge in [-0.1, -0.05) is 72.8 Å². The molecule has 0 unspecified atom stereocenters. The smallest absolute Gasteiger partial charge is 0.244 e. The number of nitrogens with one attached hydrogen (secondary N) is 2. The van der Waals surface area contributed by atoms with Gasteiger partial charge in [0.25, 0.3) is 0 Å². The fraction of sp³-hybridized carbons (Fsp3) is 0.240. The Balaban J connectivity index is 1.81. The van der Waals surface area contributed by atoms with Crippen LogP contribution < -0.4 is 10.0 Å². The van der Waals surface area contributed by atoms with Gasteiger partial charge in [-0.05, 0) is 43.8 Å². The van der Waals surface area contributed by atoms with Gasteiger partial charge in [-0.15, -0.1) is 0 Å². The second-order valence-corrected chi connectivity index (χ2v) is 9.61. The molecular weight excluding hydrogens is 441 g/mol. The number of carbonyl (C=O) groups is 1. The highest BCUT2D eigenvalue weighted by atomic mass is 32.2. The molecular formula is C25H28FN3O3S. The van der Waals surface area contributed by atoms with E-state index >= 15 is 0 Å². The van der Waals surface area contributed by atoms with Crippen LogP contribution >= 0.6 is 0 Å². The molecule has 0 aliphatic rings. The van der Waals surface area contributed by atoms with Gasteiger partial charge in [-0.25, -0.2) is 12.8 Å². The van der Waals surface area contributed by atoms with Crippen molar-refractivity contribution >= 4 is 15.9 Å². The normalized spacial score (nSPS) is 13.5. The van der Waals surface area contributed by atoms with Crippen LogP contribution in [0.2, 0.25) is 0 Å². The van der Waals surface area contributed by atoms with Crippen LogP contribution in [0.15, 0.2) is 89.8 Å². The van der Waals surface area contributed by atoms with Crippen molar-refractivity contribution in [3.8, 4) is 0 Å². The monoisotopic (exact) mass is 469 g/mol. The molecule has 0 heterocycles. The number of carbonyl (C=O) groups excluding carboxylic acids is 1. The average Bonchev–Trinajstić information content (AvgIpc) is 2.80. The summed E-state index contributed by atoms with van der Waals surface area (Å²) in [7, 11) is -0.441. The molecule has 0 bridgehead atoms. The van der Waals surface area contributed by atoms with E-state index in [0.717, 1.165) is 17.2 Å². The number of amides is 1. The van der Waals surface area contributed by atoms with Crippen molar-refractivity contribution in [1.29, 1.82) is 0 Å². The van der Waals surface area contributed by atoms with E-state index in [1.54, 1.807) is 0 Å². The maximum absolute atomic E-state index is 14.2. The summed E-state index contributed by atoms with van der Waals surface area (Å²) in [4.78, 5) is 14.6. The number of benzene rings is 3. The number of hydrogen-bond acceptors (Lipinski definition) is 4. The molecule has 1 amide bonds. The van der Waals surface area contributed by atoms with Gasteiger partial charge in [-0.3, -0.25) is 4.79 Å². The van der Waals surface area contributed by atoms with Gasteiger partial charge in [0.2, 0.25) is 15.9 Å². The Labute approximate surface area is 194 Å². The highest BCUT2D eigenvalue weighted by Crippen LogP contribution is 2.18. The van der Waals surface area contributed by atoms with Crippen LogP contribution in [0.1, 0.15) is 17.2 Å². The minimum Gasteiger partial charge on any atom is -0.353 e. The van der Waals surface area contributed by atoms with Crippen LogP contribution in [0.3, 0.4) is 0 Å². The summed E-state index contributed by atoms with van der Waals surface area (Å²) in [5, 5.41) is 2.87. The number of nitrogens with zero attached hydrogens (tertiary/aromatic N) is 1. The fourth-order valence-electron chi connectivity index (χ4n) is 3.55. The van der Waals surface area contributed by atoms with Crippen molar-refractivity contribution in [2.75, 3.05) is 20.6 Å². The largest absolute Gasteiger partial charge is 0.353 e. The Kier molecular flexibility index (Phi) is 8.32. The van der Waals surface area contributed by atoms with Crippen LogP contribution in [0.25, 0.3) is 0 Å². The van der Waals surface area contributed by atoms with Crippen molar-refractivity contribution in [2.24, 2.45) is 0 Å². The Bertz CT molecular complexity index is 1160. The van der Waals surface area contributed by atoms with Crippen LogP contribution in [0.5, 0.6) is 0 Å². The molecule has 0 saturated carbocycles. The quantitative estimate of drug-likeness (QED) is 0.478. The van der Waals surface area contributed by atoms with E-state index in [4.69, 9.17) is 0 Å². The summed E-state index contributed by atoms with van der Waals surface area (Å²) in [5.74, 6) is -1.36. The van der Waals surface area contributed by atoms with Gasteiger partial charge in [-0.2, -0.15) is 4.72 Å². The third-order valence-corrected chi connectivity index (χ3v) is 6.80. The molecule has 0 aromatic heterocycles. The lowest BCUT2D eigenvalue weighted by Crippen LogP contribution is -2.49. The SMILES string of the molecule is CN(C)[C@H](CNC(=O)[C@H](Cc1ccccc1)NS(=O)(=O)c1ccccc1F)c1ccccc1. The molecule has 0 aliphatic heterocycles. The highest BCUT2D eigenvalue weighted by molar-refractivity contribution is 7.89. The molecule has 0 fully saturated rings. The van der Waals surface area contributed by atoms with Crippen LogP contribution in [-0.2, 0) is 21.2 Å². The topological polar surface area (TPSA) is 78.5 Å². The molecule has 3 aromatic carbocycles. The lowest BCUT2D eigenvalue weighted by atomic mass is 10.0. The Morgan fingerprint density at radius 1 is 0.909 bits per heavy atom. The average molecular weight is 470 g/mol. The summed E-state index contributed by atoms with van der Waals surface area (Å²) in [5.41, 5.74) is 1.80. The van der Waals surface area contributed by atoms with Gasteiger partial charge in [0.15, 0.2) is 0 Å². The molecule has 0 aliphatic carbocycles. The second-order valence-electron chi connectivity index (χ2n) is 7.93. The van der Waals surface area contributed by atoms with Crippen molar-refractivity contribution in [2.45, 2.75) is 23.4 Å². The number of sulfonamides is 1. The first-order valence-corrected chi connectivity index (χ1v) is 12.1. The molecule has 174 valence electrons. The maximum Gasteiger partial charge on any atom is 0.244 e. The van der Waals surface area contributed by atoms with E-state index < -0.39 is 32.7 Å². The number of hydrogen-bond donors (Lipinski definition) is 2. The van der Waals surface area contributed by atoms with Gasteiger partial charge < -0.3 is 10.2 Å². The fourth-order valence-corrected chi connectivity index (χ4v) is 4.82. The molecule has 0 spiro atoms. The van der Waals surface area contributed by atoms with Gasteiger partial charge in [0.05, 0.1) is 6.04 Å². The van der Waals surface area contributed by atoms with Crippen molar-refractivity contribution in [3.63, 3.8) is 0 Å². The number of rotatable bonds is 10. The third kappa shape index (κ3) is 6.71. The predicted octanol–water partition coefficient (Wildman–Crippen LogP) is 3.13. The predicted molar refractivity (Wildman–Crippen MR) is 127 cm³/mol. The molecule has 33 heavy (non-hydrogen) atoms. The van der Waals surface area contributed by atoms with Crippen molar-refractivity contribution < 1.29 is 17.6 Å². The molecule has 8 heteroatoms. The van der Waals surface area contributed by atoms with E-state index in [9.17, 15) is 17.6 Å². The van der Waals surface area contributed by atoms with Crippen LogP contribution in [-0.4, -0.2) is 45.9 Å². The Morgan fingerprint density at radius 2 is 1.48 bits per heavy atom. The summed E-state index contributed by atoms with van der Waals surface area (Å²) >= 11 is 0. The van der Waals surface area contributed by atoms with Gasteiger partial charge in [0.1, 0.15) is 16.8 Å². The van der Waals surface area contributed by atoms with E-state index in [1.165, 1.54) is 18.2 Å². The van der Waals surface area contributed by atoms with E-state index in [0.29, 0.717) is 0 Å². The Hall–Kier alpha value is -3.07. The summed E-state index contributed by atoms with van der Waals surface area (Å²) in [6, 6.07) is 22.7. The third-order valence-electron chi connectivity index (χ3n) is 5.30. The molecule has 6 nitrogen and oxygen atoms in total. The first kappa shape index (κ1) is 24.6. The highest BCUT2D eigenvalue weighted by Gasteiger charge is 2.28. The standard InChI is InChI=1S/C25H28FN3O3S/c1-29(2)23(20-13-7-4-8-14-20)18-27-25(30)22(17-19-11-5-3-6-12-19)28-33(31,32)24-16-10-9-15-21(24)26/h3-16,22-23,28H,17-18H2,1-2H3,(H,27,30)/t22-,23+/m0/s1.